The summed E-state index contributed by atoms with van der Waals surface area (Å²) in [6.07, 6.45) is 0. The first kappa shape index (κ1) is 34.2. The fourth-order valence-electron chi connectivity index (χ4n) is 0. The summed E-state index contributed by atoms with van der Waals surface area (Å²) < 4.78 is 0. The second kappa shape index (κ2) is 23.7. The molecule has 0 fully saturated rings. The predicted molar refractivity (Wildman–Crippen MR) is 11.5 cm³/mol. The molecule has 0 aliphatic heterocycles. The Kier molecular flexibility index (Phi) is 162. The van der Waals surface area contributed by atoms with Gasteiger partial charge in [0, 0.05) is 96.2 Å². The molecule has 0 aliphatic carbocycles. The number of rotatable bonds is 0. The van der Waals surface area contributed by atoms with Gasteiger partial charge in [0.2, 0.25) is 0 Å². The average Bonchev–Trinajstić information content (AvgIpc) is 0. The number of hydrogen-bond acceptors (Lipinski definition) is 0. The summed E-state index contributed by atoms with van der Waals surface area (Å²) in [5, 5.41) is 0. The Balaban J connectivity index is 0. The van der Waals surface area contributed by atoms with Crippen LogP contribution in [0.15, 0.2) is 0 Å². The Labute approximate surface area is 142 Å². The molecule has 0 aromatic carbocycles. The molecule has 0 amide bonds. The van der Waals surface area contributed by atoms with Gasteiger partial charge in [0.1, 0.15) is 0 Å². The standard InChI is InChI=1S/3BrH.Cs.Pb/h3*1H;;/p-3. The first-order valence-electron chi connectivity index (χ1n) is 0. The maximum atomic E-state index is 0. The van der Waals surface area contributed by atoms with Crippen molar-refractivity contribution in [3.63, 3.8) is 0 Å². The predicted octanol–water partition coefficient (Wildman–Crippen LogP) is -9.75. The Bertz CT molecular complexity index is 6.85. The second-order valence-electron chi connectivity index (χ2n) is 0. The van der Waals surface area contributed by atoms with E-state index in [-0.39, 0.29) is 147 Å². The summed E-state index contributed by atoms with van der Waals surface area (Å²) >= 11 is 0. The van der Waals surface area contributed by atoms with Crippen LogP contribution in [0.4, 0.5) is 0 Å². The molecule has 0 saturated heterocycles. The van der Waals surface area contributed by atoms with Gasteiger partial charge in [-0.15, -0.1) is 0 Å². The van der Waals surface area contributed by atoms with E-state index in [1.165, 1.54) is 0 Å². The second-order valence-corrected chi connectivity index (χ2v) is 0. The van der Waals surface area contributed by atoms with Crippen LogP contribution < -0.4 is 50.9 Å². The summed E-state index contributed by atoms with van der Waals surface area (Å²) in [5.74, 6) is 0. The molecule has 0 unspecified atom stereocenters. The maximum absolute atomic E-state index is 0. The molecule has 0 aliphatic rings. The summed E-state index contributed by atoms with van der Waals surface area (Å²) in [4.78, 5) is 0. The molecule has 29 valence electrons. The third kappa shape index (κ3) is 17.8. The Hall–Kier alpha value is 4.41. The summed E-state index contributed by atoms with van der Waals surface area (Å²) in [7, 11) is 0. The van der Waals surface area contributed by atoms with Gasteiger partial charge >= 0.3 is 0 Å². The van der Waals surface area contributed by atoms with Crippen LogP contribution >= 0.6 is 0 Å². The van der Waals surface area contributed by atoms with Crippen molar-refractivity contribution >= 4 is 96.2 Å². The zero-order valence-corrected chi connectivity index (χ0v) is 17.6. The van der Waals surface area contributed by atoms with Gasteiger partial charge in [0.15, 0.2) is 0 Å². The molecule has 5 radical (unpaired) electrons. The normalized spacial score (nSPS) is 0. The van der Waals surface area contributed by atoms with Crippen LogP contribution in [0.1, 0.15) is 0 Å². The molecule has 0 aromatic heterocycles. The molecular formula is Br3CsPb-3. The van der Waals surface area contributed by atoms with E-state index in [0.717, 1.165) is 0 Å². The zero-order valence-electron chi connectivity index (χ0n) is 2.63. The van der Waals surface area contributed by atoms with Crippen molar-refractivity contribution in [2.24, 2.45) is 0 Å². The molecule has 0 nitrogen and oxygen atoms in total. The van der Waals surface area contributed by atoms with Gasteiger partial charge in [0.25, 0.3) is 0 Å². The van der Waals surface area contributed by atoms with E-state index >= 15 is 0 Å². The molecule has 0 bridgehead atoms. The molecule has 0 spiro atoms. The van der Waals surface area contributed by atoms with E-state index in [1.54, 1.807) is 0 Å². The van der Waals surface area contributed by atoms with Crippen molar-refractivity contribution < 1.29 is 50.9 Å². The monoisotopic (exact) mass is 578 g/mol. The fourth-order valence-corrected chi connectivity index (χ4v) is 0. The largest absolute Gasteiger partial charge is 1.00 e. The minimum absolute atomic E-state index is 0. The van der Waals surface area contributed by atoms with E-state index in [9.17, 15) is 0 Å². The molecule has 0 N–H and O–H groups in total. The van der Waals surface area contributed by atoms with Crippen molar-refractivity contribution in [1.82, 2.24) is 0 Å². The van der Waals surface area contributed by atoms with Crippen molar-refractivity contribution in [1.29, 1.82) is 0 Å². The van der Waals surface area contributed by atoms with Crippen LogP contribution in [0.3, 0.4) is 0 Å². The van der Waals surface area contributed by atoms with Gasteiger partial charge in [-0.2, -0.15) is 0 Å². The fraction of sp³-hybridized carbons (Fsp3) is 0. The smallest absolute Gasteiger partial charge is 0 e. The van der Waals surface area contributed by atoms with Gasteiger partial charge < -0.3 is 50.9 Å². The molecule has 0 heterocycles. The van der Waals surface area contributed by atoms with Crippen LogP contribution in [0.25, 0.3) is 0 Å². The zero-order chi connectivity index (χ0) is 0. The SMILES string of the molecule is [Br-].[Br-].[Br-].[Cs].[Pb]. The number of halogens is 3. The minimum Gasteiger partial charge on any atom is -1.00 e. The first-order chi connectivity index (χ1) is 0. The Morgan fingerprint density at radius 3 is 0.600 bits per heavy atom. The van der Waals surface area contributed by atoms with Gasteiger partial charge in [-0.25, -0.2) is 0 Å². The maximum Gasteiger partial charge on any atom is 0 e. The molecule has 0 aromatic rings. The van der Waals surface area contributed by atoms with Gasteiger partial charge in [-0.05, 0) is 0 Å². The quantitative estimate of drug-likeness (QED) is 0.250. The Morgan fingerprint density at radius 2 is 0.600 bits per heavy atom. The van der Waals surface area contributed by atoms with Crippen molar-refractivity contribution in [2.45, 2.75) is 0 Å². The molecular weight excluding hydrogens is 580 g/mol. The summed E-state index contributed by atoms with van der Waals surface area (Å²) in [6, 6.07) is 0. The van der Waals surface area contributed by atoms with E-state index in [1.807, 2.05) is 0 Å². The van der Waals surface area contributed by atoms with E-state index in [0.29, 0.717) is 0 Å². The van der Waals surface area contributed by atoms with Crippen molar-refractivity contribution in [2.75, 3.05) is 0 Å². The summed E-state index contributed by atoms with van der Waals surface area (Å²) in [5.41, 5.74) is 0. The first-order valence-corrected chi connectivity index (χ1v) is 0. The van der Waals surface area contributed by atoms with E-state index < -0.39 is 0 Å². The third-order valence-electron chi connectivity index (χ3n) is 0. The van der Waals surface area contributed by atoms with Crippen LogP contribution in [0.2, 0.25) is 0 Å². The van der Waals surface area contributed by atoms with E-state index in [4.69, 9.17) is 0 Å². The van der Waals surface area contributed by atoms with E-state index in [2.05, 4.69) is 0 Å². The average molecular weight is 580 g/mol. The van der Waals surface area contributed by atoms with Crippen molar-refractivity contribution in [3.8, 4) is 0 Å². The van der Waals surface area contributed by atoms with Crippen LogP contribution in [-0.2, 0) is 0 Å². The van der Waals surface area contributed by atoms with Crippen molar-refractivity contribution in [3.05, 3.63) is 0 Å². The molecule has 0 saturated carbocycles. The van der Waals surface area contributed by atoms with Gasteiger partial charge in [0.05, 0.1) is 0 Å². The topological polar surface area (TPSA) is 0 Å². The molecule has 0 rings (SSSR count). The number of hydrogen-bond donors (Lipinski definition) is 0. The van der Waals surface area contributed by atoms with Gasteiger partial charge in [-0.1, -0.05) is 0 Å². The summed E-state index contributed by atoms with van der Waals surface area (Å²) in [6.45, 7) is 0. The third-order valence-corrected chi connectivity index (χ3v) is 0. The van der Waals surface area contributed by atoms with Gasteiger partial charge in [-0.3, -0.25) is 0 Å². The van der Waals surface area contributed by atoms with Crippen LogP contribution in [0, 0.1) is 0 Å². The minimum atomic E-state index is 0. The molecule has 0 atom stereocenters. The van der Waals surface area contributed by atoms with Crippen LogP contribution in [-0.4, -0.2) is 96.2 Å². The molecule has 5 heavy (non-hydrogen) atoms. The Morgan fingerprint density at radius 1 is 0.600 bits per heavy atom. The van der Waals surface area contributed by atoms with Crippen LogP contribution in [0.5, 0.6) is 0 Å². The molecule has 5 heteroatoms.